The second-order valence-electron chi connectivity index (χ2n) is 6.23. The van der Waals surface area contributed by atoms with Gasteiger partial charge in [0, 0.05) is 12.6 Å². The van der Waals surface area contributed by atoms with Gasteiger partial charge in [-0.1, -0.05) is 74.4 Å². The Labute approximate surface area is 128 Å². The molecule has 1 nitrogen and oxygen atoms in total. The summed E-state index contributed by atoms with van der Waals surface area (Å²) in [7, 11) is 0. The maximum Gasteiger partial charge on any atom is 0.0208 e. The molecule has 110 valence electrons. The highest BCUT2D eigenvalue weighted by Crippen LogP contribution is 2.34. The van der Waals surface area contributed by atoms with E-state index in [9.17, 15) is 0 Å². The molecule has 1 N–H and O–H groups in total. The fraction of sp³-hybridized carbons (Fsp3) is 0.400. The minimum Gasteiger partial charge on any atom is -0.310 e. The molecule has 21 heavy (non-hydrogen) atoms. The summed E-state index contributed by atoms with van der Waals surface area (Å²) in [5.74, 6) is 1.00. The highest BCUT2D eigenvalue weighted by molar-refractivity contribution is 5.63. The molecule has 1 unspecified atom stereocenters. The van der Waals surface area contributed by atoms with Crippen molar-refractivity contribution in [2.45, 2.75) is 45.2 Å². The maximum absolute atomic E-state index is 3.72. The largest absolute Gasteiger partial charge is 0.310 e. The van der Waals surface area contributed by atoms with Crippen LogP contribution in [0.1, 0.15) is 38.2 Å². The quantitative estimate of drug-likeness (QED) is 0.750. The summed E-state index contributed by atoms with van der Waals surface area (Å²) in [4.78, 5) is 0. The zero-order chi connectivity index (χ0) is 14.5. The summed E-state index contributed by atoms with van der Waals surface area (Å²) in [6.45, 7) is 3.28. The van der Waals surface area contributed by atoms with E-state index in [4.69, 9.17) is 0 Å². The van der Waals surface area contributed by atoms with Gasteiger partial charge in [0.15, 0.2) is 0 Å². The van der Waals surface area contributed by atoms with Crippen molar-refractivity contribution in [3.8, 4) is 11.1 Å². The van der Waals surface area contributed by atoms with Crippen molar-refractivity contribution >= 4 is 0 Å². The average molecular weight is 279 g/mol. The van der Waals surface area contributed by atoms with Crippen LogP contribution in [0.3, 0.4) is 0 Å². The second-order valence-corrected chi connectivity index (χ2v) is 6.23. The molecule has 0 heterocycles. The zero-order valence-corrected chi connectivity index (χ0v) is 12.9. The van der Waals surface area contributed by atoms with E-state index in [0.29, 0.717) is 6.04 Å². The van der Waals surface area contributed by atoms with Crippen molar-refractivity contribution in [3.63, 3.8) is 0 Å². The third-order valence-electron chi connectivity index (χ3n) is 4.46. The van der Waals surface area contributed by atoms with Crippen molar-refractivity contribution in [1.29, 1.82) is 0 Å². The van der Waals surface area contributed by atoms with Gasteiger partial charge in [-0.05, 0) is 35.4 Å². The summed E-state index contributed by atoms with van der Waals surface area (Å²) in [6.07, 6.45) is 5.49. The van der Waals surface area contributed by atoms with Gasteiger partial charge in [-0.25, -0.2) is 0 Å². The summed E-state index contributed by atoms with van der Waals surface area (Å²) in [5.41, 5.74) is 3.96. The Hall–Kier alpha value is -1.60. The van der Waals surface area contributed by atoms with E-state index < -0.39 is 0 Å². The number of hydrogen-bond acceptors (Lipinski definition) is 1. The summed E-state index contributed by atoms with van der Waals surface area (Å²) >= 11 is 0. The highest BCUT2D eigenvalue weighted by atomic mass is 14.9. The fourth-order valence-electron chi connectivity index (χ4n) is 2.86. The second kappa shape index (κ2) is 6.91. The first-order valence-corrected chi connectivity index (χ1v) is 8.23. The molecule has 1 heteroatoms. The molecule has 1 saturated carbocycles. The molecule has 2 aromatic rings. The third kappa shape index (κ3) is 4.18. The third-order valence-corrected chi connectivity index (χ3v) is 4.46. The summed E-state index contributed by atoms with van der Waals surface area (Å²) in [5, 5.41) is 3.72. The molecule has 1 fully saturated rings. The topological polar surface area (TPSA) is 12.0 Å². The SMILES string of the molecule is CCC(CC1CC1)NCc1ccc(-c2ccccc2)cc1. The van der Waals surface area contributed by atoms with Gasteiger partial charge in [-0.2, -0.15) is 0 Å². The molecular weight excluding hydrogens is 254 g/mol. The molecule has 0 radical (unpaired) electrons. The molecule has 0 bridgehead atoms. The van der Waals surface area contributed by atoms with Gasteiger partial charge >= 0.3 is 0 Å². The van der Waals surface area contributed by atoms with Crippen LogP contribution in [-0.2, 0) is 6.54 Å². The molecule has 1 aliphatic carbocycles. The van der Waals surface area contributed by atoms with Crippen LogP contribution in [0.5, 0.6) is 0 Å². The van der Waals surface area contributed by atoms with E-state index in [1.54, 1.807) is 0 Å². The highest BCUT2D eigenvalue weighted by Gasteiger charge is 2.24. The van der Waals surface area contributed by atoms with Crippen molar-refractivity contribution in [2.75, 3.05) is 0 Å². The minimum absolute atomic E-state index is 0.686. The van der Waals surface area contributed by atoms with Crippen molar-refractivity contribution in [1.82, 2.24) is 5.32 Å². The Morgan fingerprint density at radius 2 is 1.62 bits per heavy atom. The summed E-state index contributed by atoms with van der Waals surface area (Å²) < 4.78 is 0. The maximum atomic E-state index is 3.72. The smallest absolute Gasteiger partial charge is 0.0208 e. The monoisotopic (exact) mass is 279 g/mol. The lowest BCUT2D eigenvalue weighted by atomic mass is 10.0. The predicted molar refractivity (Wildman–Crippen MR) is 90.1 cm³/mol. The molecule has 1 atom stereocenters. The van der Waals surface area contributed by atoms with E-state index in [2.05, 4.69) is 66.8 Å². The van der Waals surface area contributed by atoms with Crippen LogP contribution in [0, 0.1) is 5.92 Å². The number of hydrogen-bond donors (Lipinski definition) is 1. The van der Waals surface area contributed by atoms with E-state index in [0.717, 1.165) is 12.5 Å². The van der Waals surface area contributed by atoms with E-state index in [1.807, 2.05) is 0 Å². The standard InChI is InChI=1S/C20H25N/c1-2-20(14-16-8-9-16)21-15-17-10-12-19(13-11-17)18-6-4-3-5-7-18/h3-7,10-13,16,20-21H,2,8-9,14-15H2,1H3. The molecule has 0 aromatic heterocycles. The van der Waals surface area contributed by atoms with Crippen molar-refractivity contribution in [3.05, 3.63) is 60.2 Å². The van der Waals surface area contributed by atoms with E-state index >= 15 is 0 Å². The van der Waals surface area contributed by atoms with Gasteiger partial charge in [0.1, 0.15) is 0 Å². The molecule has 0 amide bonds. The molecule has 0 aliphatic heterocycles. The first-order chi connectivity index (χ1) is 10.3. The Balaban J connectivity index is 1.56. The summed E-state index contributed by atoms with van der Waals surface area (Å²) in [6, 6.07) is 20.2. The van der Waals surface area contributed by atoms with Gasteiger partial charge in [-0.3, -0.25) is 0 Å². The van der Waals surface area contributed by atoms with Crippen molar-refractivity contribution in [2.24, 2.45) is 5.92 Å². The van der Waals surface area contributed by atoms with Crippen LogP contribution in [0.2, 0.25) is 0 Å². The van der Waals surface area contributed by atoms with Gasteiger partial charge < -0.3 is 5.32 Å². The van der Waals surface area contributed by atoms with Gasteiger partial charge in [0.2, 0.25) is 0 Å². The zero-order valence-electron chi connectivity index (χ0n) is 12.9. The first-order valence-electron chi connectivity index (χ1n) is 8.23. The Morgan fingerprint density at radius 1 is 0.952 bits per heavy atom. The molecule has 1 aliphatic rings. The van der Waals surface area contributed by atoms with Crippen LogP contribution in [0.25, 0.3) is 11.1 Å². The average Bonchev–Trinajstić information content (AvgIpc) is 3.37. The molecule has 3 rings (SSSR count). The van der Waals surface area contributed by atoms with Crippen LogP contribution in [-0.4, -0.2) is 6.04 Å². The van der Waals surface area contributed by atoms with E-state index in [-0.39, 0.29) is 0 Å². The minimum atomic E-state index is 0.686. The van der Waals surface area contributed by atoms with Crippen LogP contribution in [0.4, 0.5) is 0 Å². The molecule has 0 spiro atoms. The Morgan fingerprint density at radius 3 is 2.24 bits per heavy atom. The predicted octanol–water partition coefficient (Wildman–Crippen LogP) is 5.02. The number of rotatable bonds is 7. The van der Waals surface area contributed by atoms with Gasteiger partial charge in [0.05, 0.1) is 0 Å². The van der Waals surface area contributed by atoms with E-state index in [1.165, 1.54) is 42.4 Å². The first kappa shape index (κ1) is 14.3. The lowest BCUT2D eigenvalue weighted by molar-refractivity contribution is 0.445. The molecular formula is C20H25N. The lowest BCUT2D eigenvalue weighted by Crippen LogP contribution is -2.28. The molecule has 0 saturated heterocycles. The van der Waals surface area contributed by atoms with Crippen LogP contribution >= 0.6 is 0 Å². The number of benzene rings is 2. The van der Waals surface area contributed by atoms with Gasteiger partial charge in [0.25, 0.3) is 0 Å². The fourth-order valence-corrected chi connectivity index (χ4v) is 2.86. The molecule has 2 aromatic carbocycles. The van der Waals surface area contributed by atoms with Gasteiger partial charge in [-0.15, -0.1) is 0 Å². The number of nitrogens with one attached hydrogen (secondary N) is 1. The Bertz CT molecular complexity index is 540. The normalized spacial score (nSPS) is 15.9. The Kier molecular flexibility index (Phi) is 4.72. The van der Waals surface area contributed by atoms with Crippen LogP contribution < -0.4 is 5.32 Å². The lowest BCUT2D eigenvalue weighted by Gasteiger charge is -2.16. The van der Waals surface area contributed by atoms with Crippen LogP contribution in [0.15, 0.2) is 54.6 Å². The van der Waals surface area contributed by atoms with Crippen molar-refractivity contribution < 1.29 is 0 Å².